The summed E-state index contributed by atoms with van der Waals surface area (Å²) in [6, 6.07) is 60.8. The number of thiophene rings is 2. The molecule has 6 heteroatoms. The van der Waals surface area contributed by atoms with Crippen LogP contribution in [-0.2, 0) is 21.7 Å². The molecule has 378 valence electrons. The van der Waals surface area contributed by atoms with Gasteiger partial charge in [0.2, 0.25) is 0 Å². The van der Waals surface area contributed by atoms with Crippen LogP contribution < -0.4 is 0 Å². The summed E-state index contributed by atoms with van der Waals surface area (Å²) < 4.78 is 12.3. The number of rotatable bonds is 4. The van der Waals surface area contributed by atoms with E-state index in [0.29, 0.717) is 0 Å². The highest BCUT2D eigenvalue weighted by molar-refractivity contribution is 9.11. The lowest BCUT2D eigenvalue weighted by atomic mass is 9.79. The average molecular weight is 1160 g/mol. The molecule has 2 nitrogen and oxygen atoms in total. The van der Waals surface area contributed by atoms with Gasteiger partial charge in [-0.2, -0.15) is 0 Å². The number of benzene rings is 9. The van der Waals surface area contributed by atoms with E-state index in [2.05, 4.69) is 282 Å². The van der Waals surface area contributed by atoms with Crippen molar-refractivity contribution in [3.05, 3.63) is 189 Å². The Morgan fingerprint density at radius 1 is 0.303 bits per heavy atom. The molecule has 9 aromatic carbocycles. The van der Waals surface area contributed by atoms with Crippen LogP contribution in [0.4, 0.5) is 0 Å². The van der Waals surface area contributed by atoms with Crippen molar-refractivity contribution in [2.24, 2.45) is 0 Å². The average Bonchev–Trinajstić information content (AvgIpc) is 4.30. The van der Waals surface area contributed by atoms with E-state index >= 15 is 0 Å². The summed E-state index contributed by atoms with van der Waals surface area (Å²) in [6.07, 6.45) is 0. The van der Waals surface area contributed by atoms with Crippen molar-refractivity contribution in [2.75, 3.05) is 0 Å². The number of fused-ring (bicyclic) bond motifs is 14. The molecule has 0 fully saturated rings. The van der Waals surface area contributed by atoms with Crippen LogP contribution in [-0.4, -0.2) is 9.13 Å². The molecule has 0 spiro atoms. The first-order chi connectivity index (χ1) is 36.0. The van der Waals surface area contributed by atoms with Crippen molar-refractivity contribution in [2.45, 2.75) is 105 Å². The maximum Gasteiger partial charge on any atom is 0.0617 e. The van der Waals surface area contributed by atoms with Gasteiger partial charge in [0.1, 0.15) is 0 Å². The van der Waals surface area contributed by atoms with Crippen molar-refractivity contribution < 1.29 is 0 Å². The fourth-order valence-electron chi connectivity index (χ4n) is 11.7. The fraction of sp³-hybridized carbons (Fsp3) is 0.229. The van der Waals surface area contributed by atoms with Crippen LogP contribution >= 0.6 is 54.5 Å². The molecule has 0 amide bonds. The van der Waals surface area contributed by atoms with Gasteiger partial charge in [0.25, 0.3) is 0 Å². The lowest BCUT2D eigenvalue weighted by molar-refractivity contribution is 0.568. The Labute approximate surface area is 471 Å². The Balaban J connectivity index is 1.09. The smallest absolute Gasteiger partial charge is 0.0617 e. The summed E-state index contributed by atoms with van der Waals surface area (Å²) in [6.45, 7) is 27.9. The van der Waals surface area contributed by atoms with Crippen molar-refractivity contribution in [3.63, 3.8) is 0 Å². The van der Waals surface area contributed by atoms with Gasteiger partial charge in [0.15, 0.2) is 0 Å². The molecule has 0 atom stereocenters. The second-order valence-electron chi connectivity index (χ2n) is 25.3. The van der Waals surface area contributed by atoms with Crippen LogP contribution in [0.1, 0.15) is 105 Å². The molecule has 4 heterocycles. The molecule has 0 aliphatic rings. The van der Waals surface area contributed by atoms with Gasteiger partial charge < -0.3 is 9.13 Å². The lowest BCUT2D eigenvalue weighted by Gasteiger charge is -2.26. The summed E-state index contributed by atoms with van der Waals surface area (Å²) in [7, 11) is 0. The van der Waals surface area contributed by atoms with E-state index in [1.165, 1.54) is 128 Å². The largest absolute Gasteiger partial charge is 0.308 e. The van der Waals surface area contributed by atoms with Gasteiger partial charge >= 0.3 is 0 Å². The van der Waals surface area contributed by atoms with E-state index in [0.717, 1.165) is 20.3 Å². The molecule has 0 N–H and O–H groups in total. The monoisotopic (exact) mass is 1150 g/mol. The molecule has 0 saturated carbocycles. The molecule has 76 heavy (non-hydrogen) atoms. The number of halogens is 2. The van der Waals surface area contributed by atoms with E-state index in [9.17, 15) is 0 Å². The van der Waals surface area contributed by atoms with E-state index in [-0.39, 0.29) is 21.7 Å². The van der Waals surface area contributed by atoms with Crippen LogP contribution in [0.3, 0.4) is 0 Å². The Kier molecular flexibility index (Phi) is 11.2. The van der Waals surface area contributed by atoms with Crippen LogP contribution in [0, 0.1) is 0 Å². The van der Waals surface area contributed by atoms with E-state index in [1.54, 1.807) is 0 Å². The van der Waals surface area contributed by atoms with Gasteiger partial charge in [-0.15, -0.1) is 22.7 Å². The SMILES string of the molecule is CC(C)(C)c1cc(-c2ccc3c4c5c(ccc4n(-c4cc(Br)c(-n6c7cc(-c8cc(C(C)(C)C)cc(C(C)(C)C)c8)ccc7c7c8c(ccc76)sc6ccccc68)cc4Br)c3c2)sc2ccccc25)cc(C(C)(C)C)c1. The van der Waals surface area contributed by atoms with E-state index in [1.807, 2.05) is 22.7 Å². The highest BCUT2D eigenvalue weighted by Gasteiger charge is 2.27. The number of hydrogen-bond acceptors (Lipinski definition) is 2. The number of aromatic nitrogens is 2. The fourth-order valence-corrected chi connectivity index (χ4v) is 15.0. The van der Waals surface area contributed by atoms with E-state index in [4.69, 9.17) is 0 Å². The molecule has 13 rings (SSSR count). The predicted octanol–water partition coefficient (Wildman–Crippen LogP) is 22.7. The standard InChI is InChI=1S/C70H62Br2N2S2/c1-67(2,3)43-29-41(30-44(35-43)68(4,5)6)39-21-23-47-55(33-39)73(53-25-27-61-65(63(47)53)49-17-13-15-19-59(49)75-61)57-37-52(72)58(38-51(57)71)74-54-26-28-62-66(50-18-14-16-20-60(50)76-62)64(54)48-24-22-40(34-56(48)74)42-31-45(69(7,8)9)36-46(32-42)70(10,11)12/h13-38H,1-12H3. The van der Waals surface area contributed by atoms with Gasteiger partial charge in [0, 0.05) is 70.8 Å². The maximum absolute atomic E-state index is 4.32. The highest BCUT2D eigenvalue weighted by Crippen LogP contribution is 2.49. The first kappa shape index (κ1) is 49.5. The van der Waals surface area contributed by atoms with Gasteiger partial charge in [-0.1, -0.05) is 180 Å². The van der Waals surface area contributed by atoms with Crippen LogP contribution in [0.25, 0.3) is 118 Å². The minimum atomic E-state index is -0.00589. The van der Waals surface area contributed by atoms with Crippen LogP contribution in [0.15, 0.2) is 167 Å². The molecule has 4 aromatic heterocycles. The zero-order valence-corrected chi connectivity index (χ0v) is 50.3. The Bertz CT molecular complexity index is 4220. The third-order valence-electron chi connectivity index (χ3n) is 16.0. The normalized spacial score (nSPS) is 13.1. The van der Waals surface area contributed by atoms with Gasteiger partial charge in [-0.25, -0.2) is 0 Å². The molecular formula is C70H62Br2N2S2. The Morgan fingerprint density at radius 2 is 0.658 bits per heavy atom. The zero-order chi connectivity index (χ0) is 53.1. The highest BCUT2D eigenvalue weighted by atomic mass is 79.9. The first-order valence-electron chi connectivity index (χ1n) is 26.6. The van der Waals surface area contributed by atoms with Crippen molar-refractivity contribution in [1.82, 2.24) is 9.13 Å². The molecule has 0 unspecified atom stereocenters. The van der Waals surface area contributed by atoms with Crippen LogP contribution in [0.5, 0.6) is 0 Å². The summed E-state index contributed by atoms with van der Waals surface area (Å²) in [5.74, 6) is 0. The molecule has 0 aliphatic carbocycles. The minimum Gasteiger partial charge on any atom is -0.308 e. The summed E-state index contributed by atoms with van der Waals surface area (Å²) in [5, 5.41) is 10.3. The number of nitrogens with zero attached hydrogens (tertiary/aromatic N) is 2. The van der Waals surface area contributed by atoms with E-state index < -0.39 is 0 Å². The third-order valence-corrected chi connectivity index (χ3v) is 19.6. The third kappa shape index (κ3) is 7.94. The van der Waals surface area contributed by atoms with Crippen molar-refractivity contribution in [3.8, 4) is 33.6 Å². The summed E-state index contributed by atoms with van der Waals surface area (Å²) >= 11 is 12.4. The van der Waals surface area contributed by atoms with Crippen molar-refractivity contribution >= 4 is 138 Å². The summed E-state index contributed by atoms with van der Waals surface area (Å²) in [4.78, 5) is 0. The quantitative estimate of drug-likeness (QED) is 0.166. The maximum atomic E-state index is 4.32. The molecule has 0 aliphatic heterocycles. The van der Waals surface area contributed by atoms with Crippen LogP contribution in [0.2, 0.25) is 0 Å². The molecule has 0 radical (unpaired) electrons. The predicted molar refractivity (Wildman–Crippen MR) is 342 cm³/mol. The molecular weight excluding hydrogens is 1090 g/mol. The Morgan fingerprint density at radius 3 is 1.01 bits per heavy atom. The first-order valence-corrected chi connectivity index (χ1v) is 29.8. The minimum absolute atomic E-state index is 0.00589. The van der Waals surface area contributed by atoms with Gasteiger partial charge in [-0.3, -0.25) is 0 Å². The summed E-state index contributed by atoms with van der Waals surface area (Å²) in [5.41, 5.74) is 17.2. The topological polar surface area (TPSA) is 9.86 Å². The lowest BCUT2D eigenvalue weighted by Crippen LogP contribution is -2.16. The molecule has 13 aromatic rings. The second kappa shape index (κ2) is 17.2. The van der Waals surface area contributed by atoms with Gasteiger partial charge in [-0.05, 0) is 159 Å². The second-order valence-corrected chi connectivity index (χ2v) is 29.2. The Hall–Kier alpha value is -6.02. The molecule has 0 saturated heterocycles. The van der Waals surface area contributed by atoms with Gasteiger partial charge in [0.05, 0.1) is 33.4 Å². The number of hydrogen-bond donors (Lipinski definition) is 0. The molecule has 0 bridgehead atoms. The van der Waals surface area contributed by atoms with Crippen molar-refractivity contribution in [1.29, 1.82) is 0 Å². The zero-order valence-electron chi connectivity index (χ0n) is 45.5.